The number of halogens is 3. The Morgan fingerprint density at radius 2 is 1.71 bits per heavy atom. The minimum atomic E-state index is -4.10. The van der Waals surface area contributed by atoms with Gasteiger partial charge in [-0.2, -0.15) is 13.2 Å². The molecule has 17 heavy (non-hydrogen) atoms. The molecule has 8 heteroatoms. The monoisotopic (exact) mass is 249 g/mol. The van der Waals surface area contributed by atoms with E-state index in [1.54, 1.807) is 0 Å². The molecule has 2 rings (SSSR count). The largest absolute Gasteiger partial charge is 0.391 e. The molecule has 96 valence electrons. The van der Waals surface area contributed by atoms with E-state index in [1.165, 1.54) is 0 Å². The lowest BCUT2D eigenvalue weighted by molar-refractivity contribution is -0.182. The zero-order chi connectivity index (χ0) is 12.6. The maximum absolute atomic E-state index is 12.5. The lowest BCUT2D eigenvalue weighted by atomic mass is 9.81. The molecule has 1 aromatic rings. The molecule has 1 aliphatic carbocycles. The lowest BCUT2D eigenvalue weighted by Gasteiger charge is -2.28. The van der Waals surface area contributed by atoms with E-state index in [9.17, 15) is 13.2 Å². The van der Waals surface area contributed by atoms with Crippen LogP contribution in [0.4, 0.5) is 19.1 Å². The summed E-state index contributed by atoms with van der Waals surface area (Å²) in [4.78, 5) is 0. The Morgan fingerprint density at radius 3 is 2.12 bits per heavy atom. The summed E-state index contributed by atoms with van der Waals surface area (Å²) in [5.41, 5.74) is 5.43. The van der Waals surface area contributed by atoms with Crippen molar-refractivity contribution in [3.8, 4) is 0 Å². The number of nitrogen functional groups attached to an aromatic ring is 2. The van der Waals surface area contributed by atoms with E-state index < -0.39 is 12.1 Å². The van der Waals surface area contributed by atoms with Gasteiger partial charge in [0.2, 0.25) is 5.95 Å². The molecule has 1 aromatic heterocycles. The van der Waals surface area contributed by atoms with Gasteiger partial charge in [0.05, 0.1) is 5.92 Å². The summed E-state index contributed by atoms with van der Waals surface area (Å²) in [5.74, 6) is 4.87. The van der Waals surface area contributed by atoms with E-state index in [0.29, 0.717) is 18.7 Å². The second-order valence-corrected chi connectivity index (χ2v) is 4.38. The number of hydrogen-bond acceptors (Lipinski definition) is 4. The van der Waals surface area contributed by atoms with Crippen LogP contribution in [-0.2, 0) is 0 Å². The van der Waals surface area contributed by atoms with Crippen LogP contribution in [-0.4, -0.2) is 21.0 Å². The summed E-state index contributed by atoms with van der Waals surface area (Å²) < 4.78 is 38.6. The first-order valence-electron chi connectivity index (χ1n) is 5.42. The van der Waals surface area contributed by atoms with Crippen LogP contribution < -0.4 is 11.6 Å². The fraction of sp³-hybridized carbons (Fsp3) is 0.778. The first-order chi connectivity index (χ1) is 7.89. The molecular weight excluding hydrogens is 235 g/mol. The van der Waals surface area contributed by atoms with E-state index in [-0.39, 0.29) is 24.7 Å². The van der Waals surface area contributed by atoms with Crippen molar-refractivity contribution in [2.45, 2.75) is 37.8 Å². The molecule has 0 atom stereocenters. The van der Waals surface area contributed by atoms with Gasteiger partial charge in [-0.25, -0.2) is 4.68 Å². The second kappa shape index (κ2) is 4.08. The third kappa shape index (κ3) is 2.29. The van der Waals surface area contributed by atoms with Gasteiger partial charge in [-0.3, -0.25) is 0 Å². The maximum Gasteiger partial charge on any atom is 0.391 e. The van der Waals surface area contributed by atoms with Crippen molar-refractivity contribution in [2.24, 2.45) is 5.92 Å². The molecule has 0 aromatic carbocycles. The highest BCUT2D eigenvalue weighted by Gasteiger charge is 2.42. The van der Waals surface area contributed by atoms with Crippen molar-refractivity contribution >= 4 is 5.95 Å². The van der Waals surface area contributed by atoms with Crippen molar-refractivity contribution in [3.05, 3.63) is 5.82 Å². The fourth-order valence-corrected chi connectivity index (χ4v) is 2.27. The van der Waals surface area contributed by atoms with Gasteiger partial charge in [-0.15, -0.1) is 10.2 Å². The normalized spacial score (nSPS) is 26.1. The van der Waals surface area contributed by atoms with Gasteiger partial charge in [0.25, 0.3) is 0 Å². The Balaban J connectivity index is 2.02. The van der Waals surface area contributed by atoms with E-state index in [0.717, 1.165) is 4.68 Å². The number of hydrogen-bond donors (Lipinski definition) is 2. The number of nitrogens with two attached hydrogens (primary N) is 2. The van der Waals surface area contributed by atoms with Crippen molar-refractivity contribution in [1.29, 1.82) is 0 Å². The number of nitrogens with zero attached hydrogens (tertiary/aromatic N) is 3. The Morgan fingerprint density at radius 1 is 1.12 bits per heavy atom. The predicted octanol–water partition coefficient (Wildman–Crippen LogP) is 1.41. The van der Waals surface area contributed by atoms with Crippen LogP contribution in [0.25, 0.3) is 0 Å². The van der Waals surface area contributed by atoms with Crippen LogP contribution in [0.5, 0.6) is 0 Å². The first-order valence-corrected chi connectivity index (χ1v) is 5.42. The Bertz CT molecular complexity index is 392. The highest BCUT2D eigenvalue weighted by molar-refractivity contribution is 5.19. The van der Waals surface area contributed by atoms with Crippen molar-refractivity contribution in [2.75, 3.05) is 11.6 Å². The van der Waals surface area contributed by atoms with Crippen molar-refractivity contribution < 1.29 is 13.2 Å². The fourth-order valence-electron chi connectivity index (χ4n) is 2.27. The summed E-state index contributed by atoms with van der Waals surface area (Å²) in [6, 6.07) is 0. The molecule has 0 radical (unpaired) electrons. The number of alkyl halides is 3. The molecular formula is C9H14F3N5. The van der Waals surface area contributed by atoms with Gasteiger partial charge in [-0.05, 0) is 25.7 Å². The summed E-state index contributed by atoms with van der Waals surface area (Å²) in [6.45, 7) is 0. The topological polar surface area (TPSA) is 82.8 Å². The molecule has 1 aliphatic rings. The van der Waals surface area contributed by atoms with Crippen LogP contribution in [0.3, 0.4) is 0 Å². The summed E-state index contributed by atoms with van der Waals surface area (Å²) in [5, 5.41) is 7.41. The summed E-state index contributed by atoms with van der Waals surface area (Å²) in [6.07, 6.45) is -3.04. The first kappa shape index (κ1) is 12.0. The Hall–Kier alpha value is -1.47. The van der Waals surface area contributed by atoms with Gasteiger partial charge in [-0.1, -0.05) is 0 Å². The molecule has 0 unspecified atom stereocenters. The Labute approximate surface area is 96.0 Å². The summed E-state index contributed by atoms with van der Waals surface area (Å²) >= 11 is 0. The van der Waals surface area contributed by atoms with E-state index in [4.69, 9.17) is 11.6 Å². The molecule has 0 aliphatic heterocycles. The standard InChI is InChI=1S/C9H14F3N5/c10-9(11,12)6-3-1-5(2-4-6)7-15-16-8(13)17(7)14/h5-6H,1-4,14H2,(H2,13,16). The molecule has 1 fully saturated rings. The molecule has 0 saturated heterocycles. The molecule has 1 heterocycles. The number of aromatic nitrogens is 3. The number of anilines is 1. The second-order valence-electron chi connectivity index (χ2n) is 4.38. The van der Waals surface area contributed by atoms with Crippen LogP contribution in [0, 0.1) is 5.92 Å². The molecule has 0 bridgehead atoms. The van der Waals surface area contributed by atoms with Crippen molar-refractivity contribution in [1.82, 2.24) is 14.9 Å². The average Bonchev–Trinajstić information content (AvgIpc) is 2.59. The number of rotatable bonds is 1. The van der Waals surface area contributed by atoms with E-state index in [2.05, 4.69) is 10.2 Å². The highest BCUT2D eigenvalue weighted by atomic mass is 19.4. The highest BCUT2D eigenvalue weighted by Crippen LogP contribution is 2.42. The predicted molar refractivity (Wildman–Crippen MR) is 55.3 cm³/mol. The van der Waals surface area contributed by atoms with Crippen LogP contribution in [0.1, 0.15) is 37.4 Å². The Kier molecular flexibility index (Phi) is 2.88. The SMILES string of the molecule is Nc1nnc(C2CCC(C(F)(F)F)CC2)n1N. The van der Waals surface area contributed by atoms with Gasteiger partial charge in [0.1, 0.15) is 0 Å². The third-order valence-corrected chi connectivity index (χ3v) is 3.30. The molecule has 5 nitrogen and oxygen atoms in total. The quantitative estimate of drug-likeness (QED) is 0.737. The molecule has 0 spiro atoms. The minimum Gasteiger partial charge on any atom is -0.366 e. The minimum absolute atomic E-state index is 0.0802. The molecule has 1 saturated carbocycles. The van der Waals surface area contributed by atoms with Gasteiger partial charge >= 0.3 is 6.18 Å². The third-order valence-electron chi connectivity index (χ3n) is 3.30. The van der Waals surface area contributed by atoms with Crippen molar-refractivity contribution in [3.63, 3.8) is 0 Å². The zero-order valence-corrected chi connectivity index (χ0v) is 9.11. The molecule has 0 amide bonds. The lowest BCUT2D eigenvalue weighted by Crippen LogP contribution is -2.28. The maximum atomic E-state index is 12.5. The smallest absolute Gasteiger partial charge is 0.366 e. The van der Waals surface area contributed by atoms with E-state index in [1.807, 2.05) is 0 Å². The van der Waals surface area contributed by atoms with Crippen LogP contribution in [0.2, 0.25) is 0 Å². The van der Waals surface area contributed by atoms with Crippen LogP contribution >= 0.6 is 0 Å². The zero-order valence-electron chi connectivity index (χ0n) is 9.11. The summed E-state index contributed by atoms with van der Waals surface area (Å²) in [7, 11) is 0. The van der Waals surface area contributed by atoms with Gasteiger partial charge < -0.3 is 11.6 Å². The average molecular weight is 249 g/mol. The van der Waals surface area contributed by atoms with Gasteiger partial charge in [0, 0.05) is 5.92 Å². The molecule has 4 N–H and O–H groups in total. The van der Waals surface area contributed by atoms with E-state index >= 15 is 0 Å². The van der Waals surface area contributed by atoms with Crippen LogP contribution in [0.15, 0.2) is 0 Å². The van der Waals surface area contributed by atoms with Gasteiger partial charge in [0.15, 0.2) is 5.82 Å².